The lowest BCUT2D eigenvalue weighted by Gasteiger charge is -2.11. The monoisotopic (exact) mass is 341 g/mol. The molecular formula is C13H15ClF3NO2S. The lowest BCUT2D eigenvalue weighted by molar-refractivity contribution is -0.137. The van der Waals surface area contributed by atoms with E-state index in [2.05, 4.69) is 5.32 Å². The van der Waals surface area contributed by atoms with E-state index < -0.39 is 28.4 Å². The van der Waals surface area contributed by atoms with Crippen molar-refractivity contribution < 1.29 is 22.2 Å². The van der Waals surface area contributed by atoms with E-state index in [1.54, 1.807) is 13.2 Å². The summed E-state index contributed by atoms with van der Waals surface area (Å²) in [5, 5.41) is 2.24. The number of nitrogens with one attached hydrogen (secondary N) is 1. The van der Waals surface area contributed by atoms with Crippen molar-refractivity contribution >= 4 is 28.3 Å². The Morgan fingerprint density at radius 3 is 2.52 bits per heavy atom. The zero-order valence-electron chi connectivity index (χ0n) is 11.5. The van der Waals surface area contributed by atoms with E-state index in [0.717, 1.165) is 12.1 Å². The number of rotatable bonds is 5. The third-order valence-corrected chi connectivity index (χ3v) is 4.48. The van der Waals surface area contributed by atoms with E-state index in [9.17, 15) is 22.2 Å². The Morgan fingerprint density at radius 1 is 1.38 bits per heavy atom. The normalized spacial score (nSPS) is 14.6. The summed E-state index contributed by atoms with van der Waals surface area (Å²) in [4.78, 5) is 11.8. The summed E-state index contributed by atoms with van der Waals surface area (Å²) in [6.07, 6.45) is -2.53. The predicted octanol–water partition coefficient (Wildman–Crippen LogP) is 3.25. The van der Waals surface area contributed by atoms with Crippen LogP contribution in [0.1, 0.15) is 29.3 Å². The summed E-state index contributed by atoms with van der Waals surface area (Å²) >= 11 is 5.61. The average molecular weight is 342 g/mol. The number of carbonyl (C=O) groups is 1. The van der Waals surface area contributed by atoms with Gasteiger partial charge in [-0.2, -0.15) is 13.2 Å². The fraction of sp³-hybridized carbons (Fsp3) is 0.462. The number of halogens is 4. The Balaban J connectivity index is 2.75. The number of benzene rings is 1. The molecule has 1 aromatic rings. The highest BCUT2D eigenvalue weighted by Gasteiger charge is 2.31. The van der Waals surface area contributed by atoms with Crippen molar-refractivity contribution in [3.05, 3.63) is 34.3 Å². The second kappa shape index (κ2) is 7.26. The van der Waals surface area contributed by atoms with Gasteiger partial charge >= 0.3 is 6.18 Å². The van der Waals surface area contributed by atoms with Crippen molar-refractivity contribution in [2.75, 3.05) is 12.8 Å². The first kappa shape index (κ1) is 18.0. The Labute approximate surface area is 128 Å². The second-order valence-corrected chi connectivity index (χ2v) is 6.82. The fourth-order valence-electron chi connectivity index (χ4n) is 1.54. The average Bonchev–Trinajstić information content (AvgIpc) is 2.36. The lowest BCUT2D eigenvalue weighted by Crippen LogP contribution is -2.27. The molecule has 0 aromatic heterocycles. The van der Waals surface area contributed by atoms with Crippen LogP contribution in [0.4, 0.5) is 13.2 Å². The molecule has 0 aliphatic heterocycles. The largest absolute Gasteiger partial charge is 0.416 e. The number of hydrogen-bond acceptors (Lipinski definition) is 2. The van der Waals surface area contributed by atoms with E-state index in [1.807, 2.05) is 0 Å². The van der Waals surface area contributed by atoms with Gasteiger partial charge in [0.2, 0.25) is 0 Å². The summed E-state index contributed by atoms with van der Waals surface area (Å²) in [6.45, 7) is 2.00. The van der Waals surface area contributed by atoms with E-state index in [4.69, 9.17) is 11.6 Å². The van der Waals surface area contributed by atoms with Crippen molar-refractivity contribution in [3.8, 4) is 0 Å². The molecule has 0 saturated heterocycles. The summed E-state index contributed by atoms with van der Waals surface area (Å²) in [7, 11) is -1.01. The standard InChI is InChI=1S/C13H15ClF3NO2S/c1-8(21(2)20)3-4-18-12(19)9-5-10(13(15,16)17)7-11(14)6-9/h5-8H,3-4H2,1-2H3,(H,18,19). The van der Waals surface area contributed by atoms with Gasteiger partial charge in [-0.25, -0.2) is 0 Å². The van der Waals surface area contributed by atoms with E-state index in [1.165, 1.54) is 6.07 Å². The summed E-state index contributed by atoms with van der Waals surface area (Å²) < 4.78 is 49.0. The van der Waals surface area contributed by atoms with Gasteiger partial charge < -0.3 is 5.32 Å². The Kier molecular flexibility index (Phi) is 6.22. The van der Waals surface area contributed by atoms with Crippen LogP contribution in [-0.4, -0.2) is 28.2 Å². The molecule has 0 radical (unpaired) electrons. The van der Waals surface area contributed by atoms with Gasteiger partial charge in [-0.3, -0.25) is 9.00 Å². The number of hydrogen-bond donors (Lipinski definition) is 1. The van der Waals surface area contributed by atoms with Crippen LogP contribution in [0.25, 0.3) is 0 Å². The first-order valence-electron chi connectivity index (χ1n) is 6.09. The molecule has 0 saturated carbocycles. The highest BCUT2D eigenvalue weighted by atomic mass is 35.5. The van der Waals surface area contributed by atoms with Gasteiger partial charge in [-0.15, -0.1) is 0 Å². The van der Waals surface area contributed by atoms with Crippen LogP contribution in [-0.2, 0) is 17.0 Å². The minimum Gasteiger partial charge on any atom is -0.352 e. The van der Waals surface area contributed by atoms with Crippen molar-refractivity contribution in [3.63, 3.8) is 0 Å². The summed E-state index contributed by atoms with van der Waals surface area (Å²) in [5.41, 5.74) is -1.12. The third kappa shape index (κ3) is 5.67. The van der Waals surface area contributed by atoms with Crippen molar-refractivity contribution in [2.45, 2.75) is 24.8 Å². The topological polar surface area (TPSA) is 46.2 Å². The molecule has 0 fully saturated rings. The SMILES string of the molecule is CC(CCNC(=O)c1cc(Cl)cc(C(F)(F)F)c1)S(C)=O. The van der Waals surface area contributed by atoms with Crippen molar-refractivity contribution in [1.82, 2.24) is 5.32 Å². The summed E-state index contributed by atoms with van der Waals surface area (Å²) in [5.74, 6) is -0.642. The van der Waals surface area contributed by atoms with E-state index in [0.29, 0.717) is 6.42 Å². The number of carbonyl (C=O) groups excluding carboxylic acids is 1. The van der Waals surface area contributed by atoms with Gasteiger partial charge in [0, 0.05) is 39.4 Å². The van der Waals surface area contributed by atoms with Gasteiger partial charge in [0.25, 0.3) is 5.91 Å². The van der Waals surface area contributed by atoms with Crippen LogP contribution < -0.4 is 5.32 Å². The van der Waals surface area contributed by atoms with Gasteiger partial charge in [-0.1, -0.05) is 18.5 Å². The molecule has 3 nitrogen and oxygen atoms in total. The number of amides is 1. The molecule has 0 heterocycles. The van der Waals surface area contributed by atoms with Gasteiger partial charge in [0.1, 0.15) is 0 Å². The second-order valence-electron chi connectivity index (χ2n) is 4.58. The molecule has 8 heteroatoms. The zero-order chi connectivity index (χ0) is 16.2. The molecule has 0 bridgehead atoms. The van der Waals surface area contributed by atoms with Crippen LogP contribution in [0.5, 0.6) is 0 Å². The predicted molar refractivity (Wildman–Crippen MR) is 76.9 cm³/mol. The minimum absolute atomic E-state index is 0.101. The maximum absolute atomic E-state index is 12.6. The van der Waals surface area contributed by atoms with Crippen molar-refractivity contribution in [2.24, 2.45) is 0 Å². The molecule has 118 valence electrons. The molecule has 2 atom stereocenters. The highest BCUT2D eigenvalue weighted by molar-refractivity contribution is 7.84. The smallest absolute Gasteiger partial charge is 0.352 e. The molecule has 0 aliphatic carbocycles. The molecule has 0 spiro atoms. The molecule has 1 aromatic carbocycles. The molecule has 21 heavy (non-hydrogen) atoms. The van der Waals surface area contributed by atoms with Gasteiger partial charge in [0.15, 0.2) is 0 Å². The molecular weight excluding hydrogens is 327 g/mol. The van der Waals surface area contributed by atoms with Crippen molar-refractivity contribution in [1.29, 1.82) is 0 Å². The van der Waals surface area contributed by atoms with E-state index >= 15 is 0 Å². The fourth-order valence-corrected chi connectivity index (χ4v) is 2.23. The first-order valence-corrected chi connectivity index (χ1v) is 8.09. The molecule has 2 unspecified atom stereocenters. The molecule has 1 N–H and O–H groups in total. The third-order valence-electron chi connectivity index (χ3n) is 2.89. The first-order chi connectivity index (χ1) is 9.61. The molecule has 0 aliphatic rings. The maximum atomic E-state index is 12.6. The van der Waals surface area contributed by atoms with Crippen LogP contribution in [0, 0.1) is 0 Å². The van der Waals surface area contributed by atoms with Crippen LogP contribution >= 0.6 is 11.6 Å². The zero-order valence-corrected chi connectivity index (χ0v) is 13.0. The summed E-state index contributed by atoms with van der Waals surface area (Å²) in [6, 6.07) is 2.69. The Morgan fingerprint density at radius 2 is 2.00 bits per heavy atom. The Bertz CT molecular complexity index is 549. The van der Waals surface area contributed by atoms with Crippen LogP contribution in [0.3, 0.4) is 0 Å². The van der Waals surface area contributed by atoms with Crippen LogP contribution in [0.15, 0.2) is 18.2 Å². The number of alkyl halides is 3. The van der Waals surface area contributed by atoms with Gasteiger partial charge in [-0.05, 0) is 24.6 Å². The lowest BCUT2D eigenvalue weighted by atomic mass is 10.1. The Hall–Kier alpha value is -1.08. The minimum atomic E-state index is -4.56. The maximum Gasteiger partial charge on any atom is 0.416 e. The van der Waals surface area contributed by atoms with Crippen LogP contribution in [0.2, 0.25) is 5.02 Å². The van der Waals surface area contributed by atoms with Gasteiger partial charge in [0.05, 0.1) is 5.56 Å². The molecule has 1 amide bonds. The highest BCUT2D eigenvalue weighted by Crippen LogP contribution is 2.31. The molecule has 1 rings (SSSR count). The quantitative estimate of drug-likeness (QED) is 0.893. The van der Waals surface area contributed by atoms with E-state index in [-0.39, 0.29) is 22.4 Å².